The first-order valence-electron chi connectivity index (χ1n) is 7.05. The summed E-state index contributed by atoms with van der Waals surface area (Å²) in [5, 5.41) is 6.23. The van der Waals surface area contributed by atoms with Gasteiger partial charge in [0.25, 0.3) is 0 Å². The Morgan fingerprint density at radius 2 is 1.91 bits per heavy atom. The lowest BCUT2D eigenvalue weighted by Gasteiger charge is -2.34. The van der Waals surface area contributed by atoms with Gasteiger partial charge in [0.05, 0.1) is 0 Å². The van der Waals surface area contributed by atoms with Crippen LogP contribution < -0.4 is 10.6 Å². The maximum atomic E-state index is 12.5. The SMILES string of the molecule is O=c1[nH]ccn1CCN1CCN(c2nnc(C(F)(F)F)s2)CC1. The number of aromatic amines is 1. The van der Waals surface area contributed by atoms with Crippen LogP contribution in [0, 0.1) is 0 Å². The van der Waals surface area contributed by atoms with E-state index < -0.39 is 11.2 Å². The van der Waals surface area contributed by atoms with Crippen molar-refractivity contribution < 1.29 is 13.2 Å². The summed E-state index contributed by atoms with van der Waals surface area (Å²) in [6.07, 6.45) is -1.16. The van der Waals surface area contributed by atoms with E-state index in [1.54, 1.807) is 17.0 Å². The normalized spacial score (nSPS) is 16.9. The highest BCUT2D eigenvalue weighted by Gasteiger charge is 2.36. The summed E-state index contributed by atoms with van der Waals surface area (Å²) in [6.45, 7) is 3.90. The van der Waals surface area contributed by atoms with Gasteiger partial charge in [-0.3, -0.25) is 9.47 Å². The molecule has 2 aromatic heterocycles. The number of rotatable bonds is 4. The van der Waals surface area contributed by atoms with E-state index in [1.807, 2.05) is 4.90 Å². The topological polar surface area (TPSA) is 70.1 Å². The number of aromatic nitrogens is 4. The largest absolute Gasteiger partial charge is 0.445 e. The number of alkyl halides is 3. The van der Waals surface area contributed by atoms with Gasteiger partial charge in [-0.15, -0.1) is 10.2 Å². The highest BCUT2D eigenvalue weighted by molar-refractivity contribution is 7.15. The molecule has 1 fully saturated rings. The standard InChI is InChI=1S/C12H15F3N6OS/c13-12(14,15)9-17-18-11(23-9)21-7-4-19(5-8-21)3-6-20-2-1-16-10(20)22/h1-2H,3-8H2,(H,16,22). The van der Waals surface area contributed by atoms with Gasteiger partial charge in [-0.2, -0.15) is 13.2 Å². The van der Waals surface area contributed by atoms with E-state index in [1.165, 1.54) is 0 Å². The summed E-state index contributed by atoms with van der Waals surface area (Å²) < 4.78 is 39.2. The molecule has 7 nitrogen and oxygen atoms in total. The predicted molar refractivity (Wildman–Crippen MR) is 78.6 cm³/mol. The third kappa shape index (κ3) is 3.72. The second-order valence-electron chi connectivity index (χ2n) is 5.17. The van der Waals surface area contributed by atoms with Gasteiger partial charge in [0.2, 0.25) is 10.1 Å². The Kier molecular flexibility index (Phi) is 4.39. The molecule has 0 saturated carbocycles. The van der Waals surface area contributed by atoms with Gasteiger partial charge in [-0.1, -0.05) is 11.3 Å². The van der Waals surface area contributed by atoms with Gasteiger partial charge in [0, 0.05) is 51.7 Å². The number of piperazine rings is 1. The van der Waals surface area contributed by atoms with Crippen molar-refractivity contribution in [3.8, 4) is 0 Å². The van der Waals surface area contributed by atoms with Gasteiger partial charge >= 0.3 is 11.9 Å². The third-order valence-corrected chi connectivity index (χ3v) is 4.71. The first-order valence-corrected chi connectivity index (χ1v) is 7.87. The Hall–Kier alpha value is -1.88. The second-order valence-corrected chi connectivity index (χ2v) is 6.13. The number of anilines is 1. The third-order valence-electron chi connectivity index (χ3n) is 3.68. The van der Waals surface area contributed by atoms with Gasteiger partial charge < -0.3 is 9.88 Å². The monoisotopic (exact) mass is 348 g/mol. The van der Waals surface area contributed by atoms with Gasteiger partial charge in [-0.05, 0) is 0 Å². The average molecular weight is 348 g/mol. The number of H-pyrrole nitrogens is 1. The van der Waals surface area contributed by atoms with Crippen LogP contribution in [0.2, 0.25) is 0 Å². The summed E-state index contributed by atoms with van der Waals surface area (Å²) in [5.41, 5.74) is -0.142. The number of hydrogen-bond donors (Lipinski definition) is 1. The van der Waals surface area contributed by atoms with E-state index in [0.717, 1.165) is 6.54 Å². The highest BCUT2D eigenvalue weighted by Crippen LogP contribution is 2.34. The van der Waals surface area contributed by atoms with E-state index >= 15 is 0 Å². The van der Waals surface area contributed by atoms with Gasteiger partial charge in [0.1, 0.15) is 0 Å². The molecule has 0 spiro atoms. The van der Waals surface area contributed by atoms with Crippen molar-refractivity contribution in [3.05, 3.63) is 27.9 Å². The molecule has 0 atom stereocenters. The lowest BCUT2D eigenvalue weighted by atomic mass is 10.3. The average Bonchev–Trinajstić information content (AvgIpc) is 3.14. The fraction of sp³-hybridized carbons (Fsp3) is 0.583. The fourth-order valence-corrected chi connectivity index (χ4v) is 3.16. The van der Waals surface area contributed by atoms with Crippen molar-refractivity contribution >= 4 is 16.5 Å². The van der Waals surface area contributed by atoms with Crippen molar-refractivity contribution in [1.29, 1.82) is 0 Å². The molecule has 1 aliphatic rings. The number of nitrogens with zero attached hydrogens (tertiary/aromatic N) is 5. The van der Waals surface area contributed by atoms with Crippen LogP contribution in [0.1, 0.15) is 5.01 Å². The zero-order valence-electron chi connectivity index (χ0n) is 12.1. The second kappa shape index (κ2) is 6.32. The summed E-state index contributed by atoms with van der Waals surface area (Å²) in [7, 11) is 0. The van der Waals surface area contributed by atoms with Crippen molar-refractivity contribution in [3.63, 3.8) is 0 Å². The van der Waals surface area contributed by atoms with Crippen LogP contribution in [0.5, 0.6) is 0 Å². The maximum absolute atomic E-state index is 12.5. The smallest absolute Gasteiger partial charge is 0.344 e. The van der Waals surface area contributed by atoms with Crippen LogP contribution >= 0.6 is 11.3 Å². The van der Waals surface area contributed by atoms with Crippen LogP contribution in [0.4, 0.5) is 18.3 Å². The van der Waals surface area contributed by atoms with Crippen LogP contribution in [0.3, 0.4) is 0 Å². The first kappa shape index (κ1) is 16.0. The molecule has 1 aliphatic heterocycles. The molecule has 1 N–H and O–H groups in total. The lowest BCUT2D eigenvalue weighted by Crippen LogP contribution is -2.47. The van der Waals surface area contributed by atoms with Crippen molar-refractivity contribution in [2.75, 3.05) is 37.6 Å². The Bertz CT molecular complexity index is 700. The highest BCUT2D eigenvalue weighted by atomic mass is 32.1. The van der Waals surface area contributed by atoms with Crippen molar-refractivity contribution in [2.24, 2.45) is 0 Å². The summed E-state index contributed by atoms with van der Waals surface area (Å²) in [6, 6.07) is 0. The number of nitrogens with one attached hydrogen (secondary N) is 1. The van der Waals surface area contributed by atoms with Crippen LogP contribution in [0.15, 0.2) is 17.2 Å². The molecule has 0 aromatic carbocycles. The molecule has 3 rings (SSSR count). The summed E-state index contributed by atoms with van der Waals surface area (Å²) >= 11 is 0.572. The van der Waals surface area contributed by atoms with Gasteiger partial charge in [-0.25, -0.2) is 4.79 Å². The molecule has 0 radical (unpaired) electrons. The molecule has 0 bridgehead atoms. The van der Waals surface area contributed by atoms with Crippen molar-refractivity contribution in [2.45, 2.75) is 12.7 Å². The van der Waals surface area contributed by atoms with Crippen LogP contribution in [0.25, 0.3) is 0 Å². The van der Waals surface area contributed by atoms with E-state index in [2.05, 4.69) is 20.1 Å². The van der Waals surface area contributed by atoms with E-state index in [4.69, 9.17) is 0 Å². The number of imidazole rings is 1. The van der Waals surface area contributed by atoms with Crippen molar-refractivity contribution in [1.82, 2.24) is 24.6 Å². The minimum Gasteiger partial charge on any atom is -0.344 e. The Labute approximate surface area is 133 Å². The Balaban J connectivity index is 1.51. The first-order chi connectivity index (χ1) is 10.9. The molecule has 3 heterocycles. The summed E-state index contributed by atoms with van der Waals surface area (Å²) in [4.78, 5) is 17.9. The quantitative estimate of drug-likeness (QED) is 0.888. The minimum atomic E-state index is -4.44. The number of hydrogen-bond acceptors (Lipinski definition) is 6. The molecule has 1 saturated heterocycles. The number of halogens is 3. The van der Waals surface area contributed by atoms with E-state index in [9.17, 15) is 18.0 Å². The van der Waals surface area contributed by atoms with E-state index in [0.29, 0.717) is 49.2 Å². The molecular formula is C12H15F3N6OS. The van der Waals surface area contributed by atoms with Crippen LogP contribution in [-0.4, -0.2) is 57.4 Å². The Morgan fingerprint density at radius 1 is 1.17 bits per heavy atom. The van der Waals surface area contributed by atoms with Crippen LogP contribution in [-0.2, 0) is 12.7 Å². The molecule has 2 aromatic rings. The zero-order chi connectivity index (χ0) is 16.4. The molecule has 0 amide bonds. The Morgan fingerprint density at radius 3 is 2.48 bits per heavy atom. The molecule has 23 heavy (non-hydrogen) atoms. The minimum absolute atomic E-state index is 0.142. The molecule has 0 aliphatic carbocycles. The molecular weight excluding hydrogens is 333 g/mol. The fourth-order valence-electron chi connectivity index (χ4n) is 2.39. The molecule has 11 heteroatoms. The summed E-state index contributed by atoms with van der Waals surface area (Å²) in [5.74, 6) is 0. The zero-order valence-corrected chi connectivity index (χ0v) is 12.9. The molecule has 126 valence electrons. The maximum Gasteiger partial charge on any atom is 0.445 e. The predicted octanol–water partition coefficient (Wildman–Crippen LogP) is 0.869. The van der Waals surface area contributed by atoms with Gasteiger partial charge in [0.15, 0.2) is 0 Å². The van der Waals surface area contributed by atoms with E-state index in [-0.39, 0.29) is 5.69 Å². The molecule has 0 unspecified atom stereocenters. The lowest BCUT2D eigenvalue weighted by molar-refractivity contribution is -0.138.